The SMILES string of the molecule is BC1(O)CN(CC(=O)NC(C)(C(O)(O)O)C(O)(O)O)CC(B)(O)C1CNC(=O)c1cc(F)cc(Cl)c1. The van der Waals surface area contributed by atoms with Crippen molar-refractivity contribution in [2.75, 3.05) is 26.2 Å². The van der Waals surface area contributed by atoms with E-state index < -0.39 is 58.6 Å². The van der Waals surface area contributed by atoms with E-state index in [1.807, 2.05) is 0 Å². The van der Waals surface area contributed by atoms with E-state index in [1.54, 1.807) is 5.32 Å². The van der Waals surface area contributed by atoms with Crippen molar-refractivity contribution in [2.24, 2.45) is 5.92 Å². The Morgan fingerprint density at radius 1 is 1.08 bits per heavy atom. The molecule has 1 heterocycles. The molecule has 0 radical (unpaired) electrons. The van der Waals surface area contributed by atoms with Gasteiger partial charge in [0, 0.05) is 47.1 Å². The number of aliphatic hydroxyl groups is 8. The van der Waals surface area contributed by atoms with E-state index in [9.17, 15) is 54.8 Å². The zero-order valence-electron chi connectivity index (χ0n) is 19.7. The molecular formula is C19H29B2ClFN3O10. The largest absolute Gasteiger partial charge is 0.397 e. The van der Waals surface area contributed by atoms with Crippen LogP contribution in [-0.4, -0.2) is 128 Å². The van der Waals surface area contributed by atoms with E-state index >= 15 is 0 Å². The molecule has 0 aliphatic carbocycles. The number of nitrogens with one attached hydrogen (secondary N) is 2. The summed E-state index contributed by atoms with van der Waals surface area (Å²) in [4.78, 5) is 26.1. The van der Waals surface area contributed by atoms with Crippen LogP contribution in [-0.2, 0) is 4.79 Å². The van der Waals surface area contributed by atoms with Crippen molar-refractivity contribution in [1.29, 1.82) is 0 Å². The molecule has 1 aromatic rings. The van der Waals surface area contributed by atoms with E-state index in [0.717, 1.165) is 12.1 Å². The highest BCUT2D eigenvalue weighted by Crippen LogP contribution is 2.32. The standard InChI is InChI=1S/C19H29B2ClFN3O10/c1-15(18(31,32)33,19(34,35)36)25-13(27)6-26-7-16(20,29)12(17(21,30)8-26)5-24-14(28)9-2-10(22)4-11(23)3-9/h2-4,12,29-36H,5-8,20-21H2,1H3,(H,24,28)(H,25,27). The Kier molecular flexibility index (Phi) is 8.55. The van der Waals surface area contributed by atoms with Gasteiger partial charge in [0.2, 0.25) is 11.4 Å². The van der Waals surface area contributed by atoms with Crippen LogP contribution >= 0.6 is 11.6 Å². The minimum Gasteiger partial charge on any atom is -0.397 e. The summed E-state index contributed by atoms with van der Waals surface area (Å²) in [6.07, 6.45) is 0. The van der Waals surface area contributed by atoms with Gasteiger partial charge in [0.15, 0.2) is 0 Å². The molecule has 0 spiro atoms. The summed E-state index contributed by atoms with van der Waals surface area (Å²) >= 11 is 5.76. The second kappa shape index (κ2) is 10.1. The number of hydrogen-bond donors (Lipinski definition) is 10. The maximum atomic E-state index is 13.5. The predicted octanol–water partition coefficient (Wildman–Crippen LogP) is -6.08. The molecule has 36 heavy (non-hydrogen) atoms. The van der Waals surface area contributed by atoms with Gasteiger partial charge >= 0.3 is 11.9 Å². The molecule has 2 unspecified atom stereocenters. The molecule has 0 aromatic heterocycles. The summed E-state index contributed by atoms with van der Waals surface area (Å²) in [7, 11) is 2.68. The average molecular weight is 536 g/mol. The molecule has 1 fully saturated rings. The Bertz CT molecular complexity index is 950. The Morgan fingerprint density at radius 2 is 1.58 bits per heavy atom. The van der Waals surface area contributed by atoms with Crippen LogP contribution in [0.4, 0.5) is 4.39 Å². The minimum atomic E-state index is -3.96. The van der Waals surface area contributed by atoms with E-state index in [1.165, 1.54) is 26.7 Å². The summed E-state index contributed by atoms with van der Waals surface area (Å²) in [6.45, 7) is -0.850. The number of likely N-dealkylation sites (tertiary alicyclic amines) is 1. The molecular weight excluding hydrogens is 506 g/mol. The van der Waals surface area contributed by atoms with Crippen LogP contribution in [0.25, 0.3) is 0 Å². The highest BCUT2D eigenvalue weighted by atomic mass is 35.5. The molecule has 10 N–H and O–H groups in total. The number of hydrogen-bond acceptors (Lipinski definition) is 11. The van der Waals surface area contributed by atoms with Crippen LogP contribution in [0.2, 0.25) is 5.02 Å². The quantitative estimate of drug-likeness (QED) is 0.111. The smallest absolute Gasteiger partial charge is 0.308 e. The maximum Gasteiger partial charge on any atom is 0.308 e. The summed E-state index contributed by atoms with van der Waals surface area (Å²) in [5.41, 5.74) is -6.66. The molecule has 13 nitrogen and oxygen atoms in total. The number of nitrogens with zero attached hydrogens (tertiary/aromatic N) is 1. The van der Waals surface area contributed by atoms with Gasteiger partial charge in [-0.15, -0.1) is 0 Å². The van der Waals surface area contributed by atoms with Crippen LogP contribution in [0.15, 0.2) is 18.2 Å². The zero-order valence-corrected chi connectivity index (χ0v) is 20.5. The lowest BCUT2D eigenvalue weighted by Gasteiger charge is -2.51. The molecule has 17 heteroatoms. The highest BCUT2D eigenvalue weighted by molar-refractivity contribution is 6.31. The van der Waals surface area contributed by atoms with Crippen LogP contribution in [0.5, 0.6) is 0 Å². The normalized spacial score (nSPS) is 25.9. The van der Waals surface area contributed by atoms with E-state index in [2.05, 4.69) is 5.32 Å². The second-order valence-corrected chi connectivity index (χ2v) is 10.2. The molecule has 2 amide bonds. The number of piperidine rings is 1. The van der Waals surface area contributed by atoms with Gasteiger partial charge in [-0.25, -0.2) is 4.39 Å². The van der Waals surface area contributed by atoms with Crippen molar-refractivity contribution in [3.05, 3.63) is 34.6 Å². The topological polar surface area (TPSA) is 223 Å². The number of halogens is 2. The first-order valence-electron chi connectivity index (χ1n) is 10.7. The monoisotopic (exact) mass is 535 g/mol. The maximum absolute atomic E-state index is 13.5. The Morgan fingerprint density at radius 3 is 2.03 bits per heavy atom. The summed E-state index contributed by atoms with van der Waals surface area (Å²) < 4.78 is 13.5. The minimum absolute atomic E-state index is 0.00324. The van der Waals surface area contributed by atoms with E-state index in [-0.39, 0.29) is 30.2 Å². The Balaban J connectivity index is 2.11. The fraction of sp³-hybridized carbons (Fsp3) is 0.579. The van der Waals surface area contributed by atoms with Crippen LogP contribution in [0.3, 0.4) is 0 Å². The molecule has 0 saturated carbocycles. The average Bonchev–Trinajstić information content (AvgIpc) is 2.63. The Labute approximate surface area is 211 Å². The fourth-order valence-electron chi connectivity index (χ4n) is 4.30. The molecule has 1 aliphatic rings. The fourth-order valence-corrected chi connectivity index (χ4v) is 4.52. The number of benzene rings is 1. The number of carbonyl (C=O) groups excluding carboxylic acids is 2. The first kappa shape index (κ1) is 30.4. The second-order valence-electron chi connectivity index (χ2n) is 9.72. The first-order valence-corrected chi connectivity index (χ1v) is 11.0. The highest BCUT2D eigenvalue weighted by Gasteiger charge is 2.60. The zero-order chi connectivity index (χ0) is 27.9. The van der Waals surface area contributed by atoms with E-state index in [0.29, 0.717) is 6.92 Å². The van der Waals surface area contributed by atoms with Crippen molar-refractivity contribution in [3.8, 4) is 0 Å². The van der Waals surface area contributed by atoms with Gasteiger partial charge in [0.25, 0.3) is 5.91 Å². The van der Waals surface area contributed by atoms with Gasteiger partial charge in [-0.05, 0) is 25.1 Å². The number of carbonyl (C=O) groups is 2. The molecule has 1 aromatic carbocycles. The van der Waals surface area contributed by atoms with Gasteiger partial charge in [-0.3, -0.25) is 14.5 Å². The molecule has 0 bridgehead atoms. The van der Waals surface area contributed by atoms with Crippen molar-refractivity contribution in [3.63, 3.8) is 0 Å². The van der Waals surface area contributed by atoms with Crippen molar-refractivity contribution in [1.82, 2.24) is 15.5 Å². The summed E-state index contributed by atoms with van der Waals surface area (Å²) in [5, 5.41) is 82.7. The van der Waals surface area contributed by atoms with Crippen molar-refractivity contribution >= 4 is 39.1 Å². The molecule has 2 rings (SSSR count). The summed E-state index contributed by atoms with van der Waals surface area (Å²) in [6, 6.07) is 3.22. The third-order valence-corrected chi connectivity index (χ3v) is 6.50. The first-order chi connectivity index (χ1) is 16.1. The van der Waals surface area contributed by atoms with Gasteiger partial charge in [0.05, 0.1) is 6.54 Å². The van der Waals surface area contributed by atoms with E-state index in [4.69, 9.17) is 11.6 Å². The third-order valence-electron chi connectivity index (χ3n) is 6.28. The lowest BCUT2D eigenvalue weighted by Crippen LogP contribution is -2.75. The molecule has 1 aliphatic heterocycles. The number of β-amino-alcohol motifs (C(OH)–C–C–N with tert-alkyl or cyclic N) is 2. The van der Waals surface area contributed by atoms with Gasteiger partial charge in [-0.2, -0.15) is 0 Å². The molecule has 2 atom stereocenters. The predicted molar refractivity (Wildman–Crippen MR) is 126 cm³/mol. The van der Waals surface area contributed by atoms with Crippen LogP contribution in [0.1, 0.15) is 17.3 Å². The van der Waals surface area contributed by atoms with Crippen LogP contribution < -0.4 is 10.6 Å². The third kappa shape index (κ3) is 6.72. The van der Waals surface area contributed by atoms with Crippen molar-refractivity contribution in [2.45, 2.75) is 35.4 Å². The lowest BCUT2D eigenvalue weighted by atomic mass is 9.55. The number of rotatable bonds is 8. The lowest BCUT2D eigenvalue weighted by molar-refractivity contribution is -0.448. The summed E-state index contributed by atoms with van der Waals surface area (Å²) in [5.74, 6) is -11.5. The Hall–Kier alpha value is -1.85. The van der Waals surface area contributed by atoms with Crippen LogP contribution in [0, 0.1) is 11.7 Å². The van der Waals surface area contributed by atoms with Gasteiger partial charge < -0.3 is 51.5 Å². The van der Waals surface area contributed by atoms with Gasteiger partial charge in [0.1, 0.15) is 21.5 Å². The molecule has 200 valence electrons. The van der Waals surface area contributed by atoms with Crippen molar-refractivity contribution < 1.29 is 54.8 Å². The molecule has 1 saturated heterocycles. The number of amides is 2. The van der Waals surface area contributed by atoms with Gasteiger partial charge in [-0.1, -0.05) is 11.6 Å².